The first-order valence-electron chi connectivity index (χ1n) is 24.0. The molecule has 0 bridgehead atoms. The quantitative estimate of drug-likeness (QED) is 0.158. The Balaban J connectivity index is 0.000000705. The van der Waals surface area contributed by atoms with Crippen LogP contribution in [-0.2, 0) is 0 Å². The van der Waals surface area contributed by atoms with Crippen molar-refractivity contribution in [1.82, 2.24) is 0 Å². The summed E-state index contributed by atoms with van der Waals surface area (Å²) in [5.41, 5.74) is 19.7. The Kier molecular flexibility index (Phi) is 13.9. The van der Waals surface area contributed by atoms with E-state index in [9.17, 15) is 0 Å². The van der Waals surface area contributed by atoms with Crippen LogP contribution in [0.1, 0.15) is 55.4 Å². The second kappa shape index (κ2) is 20.4. The molecule has 10 aromatic carbocycles. The van der Waals surface area contributed by atoms with Crippen LogP contribution in [0.25, 0.3) is 77.2 Å². The smallest absolute Gasteiger partial charge is 0.0540 e. The molecule has 2 aliphatic rings. The molecule has 0 saturated carbocycles. The molecular weight excluding hydrogens is 797 g/mol. The summed E-state index contributed by atoms with van der Waals surface area (Å²) in [6.45, 7) is 16.0. The van der Waals surface area contributed by atoms with E-state index in [4.69, 9.17) is 0 Å². The summed E-state index contributed by atoms with van der Waals surface area (Å²) in [5.74, 6) is 0. The van der Waals surface area contributed by atoms with Crippen LogP contribution in [0.15, 0.2) is 218 Å². The van der Waals surface area contributed by atoms with Gasteiger partial charge in [0.15, 0.2) is 0 Å². The van der Waals surface area contributed by atoms with Gasteiger partial charge in [0.25, 0.3) is 0 Å². The molecule has 0 fully saturated rings. The predicted octanol–water partition coefficient (Wildman–Crippen LogP) is 20.0. The molecule has 10 aromatic rings. The standard InChI is InChI=1S/C56H36N2.4C2H6/c1-3-13-39(14-4-1)57(53-35-33-49-45-19-9-7-17-43(45)47-21-11-23-51(53)55(47)49)41-29-25-37(26-30-41)38-27-31-42(32-28-38)58(40-15-5-2-6-16-40)54-36-34-50-46-20-10-8-18-44(46)48-22-12-24-52(54)56(48)50;4*1-2/h1-36H;4*1-2H3. The molecule has 2 nitrogen and oxygen atoms in total. The zero-order valence-electron chi connectivity index (χ0n) is 39.7. The van der Waals surface area contributed by atoms with Crippen molar-refractivity contribution in [3.8, 4) is 55.6 Å². The fourth-order valence-corrected chi connectivity index (χ4v) is 9.59. The van der Waals surface area contributed by atoms with Crippen LogP contribution in [0, 0.1) is 0 Å². The molecule has 0 amide bonds. The van der Waals surface area contributed by atoms with Gasteiger partial charge in [0, 0.05) is 33.5 Å². The SMILES string of the molecule is CC.CC.CC.CC.c1ccc(N(c2ccc(-c3ccc(N(c4ccccc4)c4ccc5c6c(cccc46)-c4ccccc4-5)cc3)cc2)c2ccc3c4c(cccc24)-c2ccccc2-3)cc1. The maximum absolute atomic E-state index is 2.40. The van der Waals surface area contributed by atoms with E-state index in [1.807, 2.05) is 55.4 Å². The van der Waals surface area contributed by atoms with Gasteiger partial charge in [-0.05, 0) is 127 Å². The number of nitrogens with zero attached hydrogens (tertiary/aromatic N) is 2. The molecule has 0 saturated heterocycles. The van der Waals surface area contributed by atoms with E-state index < -0.39 is 0 Å². The monoisotopic (exact) mass is 856 g/mol. The third-order valence-corrected chi connectivity index (χ3v) is 12.1. The van der Waals surface area contributed by atoms with Gasteiger partial charge in [-0.2, -0.15) is 0 Å². The third-order valence-electron chi connectivity index (χ3n) is 12.1. The summed E-state index contributed by atoms with van der Waals surface area (Å²) in [6, 6.07) is 79.7. The summed E-state index contributed by atoms with van der Waals surface area (Å²) in [4.78, 5) is 4.79. The maximum Gasteiger partial charge on any atom is 0.0540 e. The van der Waals surface area contributed by atoms with E-state index in [2.05, 4.69) is 228 Å². The second-order valence-electron chi connectivity index (χ2n) is 15.2. The highest BCUT2D eigenvalue weighted by molar-refractivity contribution is 6.20. The van der Waals surface area contributed by atoms with E-state index in [0.717, 1.165) is 22.7 Å². The number of hydrogen-bond donors (Lipinski definition) is 0. The average molecular weight is 857 g/mol. The summed E-state index contributed by atoms with van der Waals surface area (Å²) in [6.07, 6.45) is 0. The summed E-state index contributed by atoms with van der Waals surface area (Å²) in [7, 11) is 0. The van der Waals surface area contributed by atoms with Crippen LogP contribution in [0.5, 0.6) is 0 Å². The number of fused-ring (bicyclic) bond motifs is 6. The molecule has 0 radical (unpaired) electrons. The van der Waals surface area contributed by atoms with Gasteiger partial charge in [-0.3, -0.25) is 0 Å². The van der Waals surface area contributed by atoms with Crippen molar-refractivity contribution < 1.29 is 0 Å². The maximum atomic E-state index is 2.40. The molecule has 326 valence electrons. The molecule has 2 heteroatoms. The summed E-state index contributed by atoms with van der Waals surface area (Å²) >= 11 is 0. The Morgan fingerprint density at radius 3 is 0.818 bits per heavy atom. The van der Waals surface area contributed by atoms with Crippen LogP contribution in [0.3, 0.4) is 0 Å². The Labute approximate surface area is 393 Å². The van der Waals surface area contributed by atoms with Crippen molar-refractivity contribution >= 4 is 55.7 Å². The molecule has 0 atom stereocenters. The molecule has 0 heterocycles. The minimum atomic E-state index is 1.12. The van der Waals surface area contributed by atoms with Gasteiger partial charge in [-0.15, -0.1) is 0 Å². The highest BCUT2D eigenvalue weighted by Crippen LogP contribution is 2.53. The lowest BCUT2D eigenvalue weighted by Gasteiger charge is -2.28. The number of para-hydroxylation sites is 2. The van der Waals surface area contributed by atoms with Crippen molar-refractivity contribution in [3.05, 3.63) is 218 Å². The number of benzene rings is 10. The van der Waals surface area contributed by atoms with Gasteiger partial charge in [0.1, 0.15) is 0 Å². The second-order valence-corrected chi connectivity index (χ2v) is 15.2. The van der Waals surface area contributed by atoms with E-state index in [0.29, 0.717) is 0 Å². The zero-order valence-corrected chi connectivity index (χ0v) is 39.7. The highest BCUT2D eigenvalue weighted by atomic mass is 15.1. The number of rotatable bonds is 7. The Morgan fingerprint density at radius 1 is 0.212 bits per heavy atom. The summed E-state index contributed by atoms with van der Waals surface area (Å²) in [5, 5.41) is 5.15. The van der Waals surface area contributed by atoms with Crippen molar-refractivity contribution in [2.75, 3.05) is 9.80 Å². The Morgan fingerprint density at radius 2 is 0.485 bits per heavy atom. The first-order chi connectivity index (χ1) is 32.8. The van der Waals surface area contributed by atoms with Crippen molar-refractivity contribution in [2.45, 2.75) is 55.4 Å². The third kappa shape index (κ3) is 7.83. The first kappa shape index (κ1) is 44.9. The van der Waals surface area contributed by atoms with Gasteiger partial charge >= 0.3 is 0 Å². The average Bonchev–Trinajstić information content (AvgIpc) is 3.93. The van der Waals surface area contributed by atoms with Gasteiger partial charge < -0.3 is 9.80 Å². The Hall–Kier alpha value is -7.68. The molecule has 12 rings (SSSR count). The van der Waals surface area contributed by atoms with E-state index in [1.165, 1.54) is 88.6 Å². The summed E-state index contributed by atoms with van der Waals surface area (Å²) < 4.78 is 0. The number of anilines is 6. The fraction of sp³-hybridized carbons (Fsp3) is 0.125. The molecule has 0 N–H and O–H groups in total. The van der Waals surface area contributed by atoms with E-state index in [-0.39, 0.29) is 0 Å². The molecule has 0 spiro atoms. The molecule has 0 aliphatic heterocycles. The minimum absolute atomic E-state index is 1.12. The van der Waals surface area contributed by atoms with Crippen LogP contribution >= 0.6 is 0 Å². The molecular formula is C64H60N2. The topological polar surface area (TPSA) is 6.48 Å². The number of hydrogen-bond acceptors (Lipinski definition) is 2. The first-order valence-corrected chi connectivity index (χ1v) is 24.0. The molecule has 66 heavy (non-hydrogen) atoms. The van der Waals surface area contributed by atoms with Gasteiger partial charge in [-0.25, -0.2) is 0 Å². The molecule has 0 unspecified atom stereocenters. The lowest BCUT2D eigenvalue weighted by Crippen LogP contribution is -2.10. The van der Waals surface area contributed by atoms with Crippen molar-refractivity contribution in [2.24, 2.45) is 0 Å². The minimum Gasteiger partial charge on any atom is -0.310 e. The van der Waals surface area contributed by atoms with Gasteiger partial charge in [-0.1, -0.05) is 213 Å². The van der Waals surface area contributed by atoms with E-state index in [1.54, 1.807) is 0 Å². The van der Waals surface area contributed by atoms with Gasteiger partial charge in [0.2, 0.25) is 0 Å². The van der Waals surface area contributed by atoms with Gasteiger partial charge in [0.05, 0.1) is 11.4 Å². The zero-order chi connectivity index (χ0) is 46.2. The fourth-order valence-electron chi connectivity index (χ4n) is 9.59. The lowest BCUT2D eigenvalue weighted by atomic mass is 9.99. The normalized spacial score (nSPS) is 10.7. The molecule has 0 aromatic heterocycles. The predicted molar refractivity (Wildman–Crippen MR) is 291 cm³/mol. The van der Waals surface area contributed by atoms with Crippen molar-refractivity contribution in [3.63, 3.8) is 0 Å². The largest absolute Gasteiger partial charge is 0.310 e. The van der Waals surface area contributed by atoms with Crippen molar-refractivity contribution in [1.29, 1.82) is 0 Å². The van der Waals surface area contributed by atoms with Crippen LogP contribution < -0.4 is 9.80 Å². The van der Waals surface area contributed by atoms with Crippen LogP contribution in [-0.4, -0.2) is 0 Å². The molecule has 2 aliphatic carbocycles. The Bertz CT molecular complexity index is 2930. The van der Waals surface area contributed by atoms with Crippen LogP contribution in [0.4, 0.5) is 34.1 Å². The van der Waals surface area contributed by atoms with Crippen LogP contribution in [0.2, 0.25) is 0 Å². The van der Waals surface area contributed by atoms with E-state index >= 15 is 0 Å². The highest BCUT2D eigenvalue weighted by Gasteiger charge is 2.26. The lowest BCUT2D eigenvalue weighted by molar-refractivity contribution is 1.29.